The topological polar surface area (TPSA) is 67.9 Å². The van der Waals surface area contributed by atoms with Gasteiger partial charge in [0.2, 0.25) is 0 Å². The van der Waals surface area contributed by atoms with Crippen LogP contribution in [0.15, 0.2) is 12.3 Å². The molecule has 2 aromatic heterocycles. The van der Waals surface area contributed by atoms with Crippen molar-refractivity contribution < 1.29 is 9.53 Å². The van der Waals surface area contributed by atoms with Gasteiger partial charge in [-0.1, -0.05) is 6.92 Å². The molecular formula is C10H11N3O2. The number of aromatic nitrogens is 3. The lowest BCUT2D eigenvalue weighted by Gasteiger charge is -1.97. The van der Waals surface area contributed by atoms with Crippen LogP contribution in [0, 0.1) is 0 Å². The molecule has 2 rings (SSSR count). The van der Waals surface area contributed by atoms with Gasteiger partial charge in [0.05, 0.1) is 12.5 Å². The Hall–Kier alpha value is -1.91. The predicted octanol–water partition coefficient (Wildman–Crippen LogP) is 1.31. The van der Waals surface area contributed by atoms with Crippen molar-refractivity contribution in [3.05, 3.63) is 23.5 Å². The molecule has 0 fully saturated rings. The fourth-order valence-corrected chi connectivity index (χ4v) is 1.39. The normalized spacial score (nSPS) is 10.5. The first-order chi connectivity index (χ1) is 7.26. The van der Waals surface area contributed by atoms with Crippen LogP contribution in [0.2, 0.25) is 0 Å². The van der Waals surface area contributed by atoms with Gasteiger partial charge in [-0.15, -0.1) is 0 Å². The number of aromatic amines is 1. The second-order valence-electron chi connectivity index (χ2n) is 3.16. The zero-order chi connectivity index (χ0) is 10.8. The summed E-state index contributed by atoms with van der Waals surface area (Å²) in [5.74, 6) is -0.424. The number of hydrogen-bond donors (Lipinski definition) is 1. The molecule has 0 atom stereocenters. The summed E-state index contributed by atoms with van der Waals surface area (Å²) < 4.78 is 4.64. The highest BCUT2D eigenvalue weighted by Gasteiger charge is 2.14. The Balaban J connectivity index is 2.61. The molecule has 0 radical (unpaired) electrons. The molecule has 0 aliphatic carbocycles. The van der Waals surface area contributed by atoms with Gasteiger partial charge in [0.25, 0.3) is 0 Å². The van der Waals surface area contributed by atoms with Gasteiger partial charge < -0.3 is 4.74 Å². The molecule has 2 heterocycles. The summed E-state index contributed by atoms with van der Waals surface area (Å²) in [6, 6.07) is 1.90. The van der Waals surface area contributed by atoms with Crippen molar-refractivity contribution in [1.29, 1.82) is 0 Å². The number of nitrogens with zero attached hydrogens (tertiary/aromatic N) is 2. The summed E-state index contributed by atoms with van der Waals surface area (Å²) in [6.45, 7) is 2.03. The van der Waals surface area contributed by atoms with Crippen molar-refractivity contribution in [3.63, 3.8) is 0 Å². The number of ether oxygens (including phenoxy) is 1. The number of rotatable bonds is 2. The molecule has 5 heteroatoms. The molecule has 0 aromatic carbocycles. The highest BCUT2D eigenvalue weighted by Crippen LogP contribution is 2.16. The van der Waals surface area contributed by atoms with Crippen LogP contribution in [0.3, 0.4) is 0 Å². The molecular weight excluding hydrogens is 194 g/mol. The fraction of sp³-hybridized carbons (Fsp3) is 0.300. The number of nitrogens with one attached hydrogen (secondary N) is 1. The minimum absolute atomic E-state index is 0.357. The molecule has 0 spiro atoms. The van der Waals surface area contributed by atoms with E-state index >= 15 is 0 Å². The van der Waals surface area contributed by atoms with E-state index in [1.54, 1.807) is 6.20 Å². The maximum atomic E-state index is 11.4. The molecule has 0 unspecified atom stereocenters. The molecule has 15 heavy (non-hydrogen) atoms. The highest BCUT2D eigenvalue weighted by atomic mass is 16.5. The van der Waals surface area contributed by atoms with Gasteiger partial charge in [-0.2, -0.15) is 5.10 Å². The summed E-state index contributed by atoms with van der Waals surface area (Å²) in [5, 5.41) is 7.26. The Morgan fingerprint density at radius 3 is 3.07 bits per heavy atom. The smallest absolute Gasteiger partial charge is 0.356 e. The first kappa shape index (κ1) is 9.64. The van der Waals surface area contributed by atoms with Crippen LogP contribution in [-0.4, -0.2) is 28.3 Å². The minimum atomic E-state index is -0.424. The molecule has 0 aliphatic rings. The number of hydrogen-bond acceptors (Lipinski definition) is 4. The van der Waals surface area contributed by atoms with Crippen LogP contribution in [0.1, 0.15) is 23.0 Å². The number of H-pyrrole nitrogens is 1. The summed E-state index contributed by atoms with van der Waals surface area (Å²) in [4.78, 5) is 15.5. The Bertz CT molecular complexity index is 504. The Kier molecular flexibility index (Phi) is 2.37. The van der Waals surface area contributed by atoms with Crippen LogP contribution >= 0.6 is 0 Å². The summed E-state index contributed by atoms with van der Waals surface area (Å²) in [7, 11) is 1.34. The van der Waals surface area contributed by atoms with Gasteiger partial charge >= 0.3 is 5.97 Å². The molecule has 5 nitrogen and oxygen atoms in total. The zero-order valence-electron chi connectivity index (χ0n) is 8.57. The number of pyridine rings is 1. The third-order valence-corrected chi connectivity index (χ3v) is 2.26. The number of fused-ring (bicyclic) bond motifs is 1. The second kappa shape index (κ2) is 3.68. The molecule has 0 bridgehead atoms. The molecule has 1 N–H and O–H groups in total. The number of aryl methyl sites for hydroxylation is 1. The van der Waals surface area contributed by atoms with Crippen molar-refractivity contribution in [2.24, 2.45) is 0 Å². The largest absolute Gasteiger partial charge is 0.464 e. The zero-order valence-corrected chi connectivity index (χ0v) is 8.57. The molecule has 0 saturated carbocycles. The van der Waals surface area contributed by atoms with Crippen LogP contribution < -0.4 is 0 Å². The van der Waals surface area contributed by atoms with E-state index in [9.17, 15) is 4.79 Å². The summed E-state index contributed by atoms with van der Waals surface area (Å²) >= 11 is 0. The van der Waals surface area contributed by atoms with Gasteiger partial charge in [-0.3, -0.25) is 5.10 Å². The molecule has 0 saturated heterocycles. The third-order valence-electron chi connectivity index (χ3n) is 2.26. The van der Waals surface area contributed by atoms with E-state index in [2.05, 4.69) is 19.9 Å². The molecule has 0 aliphatic heterocycles. The first-order valence-electron chi connectivity index (χ1n) is 4.67. The number of esters is 1. The van der Waals surface area contributed by atoms with E-state index in [0.29, 0.717) is 16.7 Å². The van der Waals surface area contributed by atoms with Crippen molar-refractivity contribution in [2.75, 3.05) is 7.11 Å². The van der Waals surface area contributed by atoms with E-state index in [0.717, 1.165) is 12.0 Å². The van der Waals surface area contributed by atoms with E-state index < -0.39 is 5.97 Å². The van der Waals surface area contributed by atoms with Gasteiger partial charge in [-0.05, 0) is 18.1 Å². The SMILES string of the molecule is CCc1cnc2n[nH]c(C(=O)OC)c2c1. The van der Waals surface area contributed by atoms with Gasteiger partial charge in [0.15, 0.2) is 11.3 Å². The van der Waals surface area contributed by atoms with Gasteiger partial charge in [-0.25, -0.2) is 9.78 Å². The van der Waals surface area contributed by atoms with Crippen LogP contribution in [-0.2, 0) is 11.2 Å². The lowest BCUT2D eigenvalue weighted by molar-refractivity contribution is 0.0596. The van der Waals surface area contributed by atoms with Crippen LogP contribution in [0.5, 0.6) is 0 Å². The lowest BCUT2D eigenvalue weighted by atomic mass is 10.1. The van der Waals surface area contributed by atoms with Crippen molar-refractivity contribution >= 4 is 17.0 Å². The monoisotopic (exact) mass is 205 g/mol. The van der Waals surface area contributed by atoms with E-state index in [-0.39, 0.29) is 0 Å². The lowest BCUT2D eigenvalue weighted by Crippen LogP contribution is -2.02. The minimum Gasteiger partial charge on any atom is -0.464 e. The van der Waals surface area contributed by atoms with Crippen molar-refractivity contribution in [2.45, 2.75) is 13.3 Å². The van der Waals surface area contributed by atoms with Crippen molar-refractivity contribution in [1.82, 2.24) is 15.2 Å². The number of carbonyl (C=O) groups is 1. The van der Waals surface area contributed by atoms with Crippen molar-refractivity contribution in [3.8, 4) is 0 Å². The fourth-order valence-electron chi connectivity index (χ4n) is 1.39. The maximum absolute atomic E-state index is 11.4. The molecule has 2 aromatic rings. The van der Waals surface area contributed by atoms with Crippen LogP contribution in [0.25, 0.3) is 11.0 Å². The van der Waals surface area contributed by atoms with Gasteiger partial charge in [0.1, 0.15) is 0 Å². The van der Waals surface area contributed by atoms with E-state index in [1.807, 2.05) is 13.0 Å². The molecule has 0 amide bonds. The Morgan fingerprint density at radius 1 is 1.60 bits per heavy atom. The van der Waals surface area contributed by atoms with Gasteiger partial charge in [0, 0.05) is 6.20 Å². The first-order valence-corrected chi connectivity index (χ1v) is 4.67. The number of carbonyl (C=O) groups excluding carboxylic acids is 1. The van der Waals surface area contributed by atoms with E-state index in [4.69, 9.17) is 0 Å². The Morgan fingerprint density at radius 2 is 2.40 bits per heavy atom. The molecule has 78 valence electrons. The highest BCUT2D eigenvalue weighted by molar-refractivity contribution is 6.00. The maximum Gasteiger partial charge on any atom is 0.356 e. The second-order valence-corrected chi connectivity index (χ2v) is 3.16. The van der Waals surface area contributed by atoms with Crippen LogP contribution in [0.4, 0.5) is 0 Å². The summed E-state index contributed by atoms with van der Waals surface area (Å²) in [5.41, 5.74) is 1.96. The average Bonchev–Trinajstić information content (AvgIpc) is 2.70. The predicted molar refractivity (Wildman–Crippen MR) is 54.6 cm³/mol. The quantitative estimate of drug-likeness (QED) is 0.750. The standard InChI is InChI=1S/C10H11N3O2/c1-3-6-4-7-8(10(14)15-2)12-13-9(7)11-5-6/h4-5H,3H2,1-2H3,(H,11,12,13). The Labute approximate surface area is 86.5 Å². The average molecular weight is 205 g/mol. The third kappa shape index (κ3) is 1.56. The number of methoxy groups -OCH3 is 1. The summed E-state index contributed by atoms with van der Waals surface area (Å²) in [6.07, 6.45) is 2.62. The van der Waals surface area contributed by atoms with E-state index in [1.165, 1.54) is 7.11 Å².